The summed E-state index contributed by atoms with van der Waals surface area (Å²) in [4.78, 5) is 16.5. The minimum absolute atomic E-state index is 0.0676. The number of amides is 1. The van der Waals surface area contributed by atoms with Gasteiger partial charge in [-0.15, -0.1) is 0 Å². The van der Waals surface area contributed by atoms with E-state index in [1.165, 1.54) is 0 Å². The SMILES string of the molecule is O=C(CCN1CCN(CCO)CC1)Nc1cc(Cl)ccc1Cl. The molecule has 0 radical (unpaired) electrons. The van der Waals surface area contributed by atoms with Crippen LogP contribution in [-0.2, 0) is 4.79 Å². The minimum atomic E-state index is -0.0676. The van der Waals surface area contributed by atoms with Gasteiger partial charge in [0.2, 0.25) is 5.91 Å². The highest BCUT2D eigenvalue weighted by molar-refractivity contribution is 6.35. The lowest BCUT2D eigenvalue weighted by molar-refractivity contribution is -0.116. The van der Waals surface area contributed by atoms with E-state index in [4.69, 9.17) is 28.3 Å². The van der Waals surface area contributed by atoms with Crippen LogP contribution in [0.1, 0.15) is 6.42 Å². The number of anilines is 1. The number of rotatable bonds is 6. The Kier molecular flexibility index (Phi) is 6.92. The molecular weight excluding hydrogens is 325 g/mol. The van der Waals surface area contributed by atoms with Gasteiger partial charge in [-0.3, -0.25) is 9.69 Å². The van der Waals surface area contributed by atoms with Crippen LogP contribution in [0.3, 0.4) is 0 Å². The molecule has 0 unspecified atom stereocenters. The Bertz CT molecular complexity index is 506. The molecule has 1 aromatic rings. The zero-order chi connectivity index (χ0) is 15.9. The average molecular weight is 346 g/mol. The summed E-state index contributed by atoms with van der Waals surface area (Å²) in [6, 6.07) is 5.00. The van der Waals surface area contributed by atoms with Crippen molar-refractivity contribution < 1.29 is 9.90 Å². The van der Waals surface area contributed by atoms with E-state index < -0.39 is 0 Å². The molecule has 1 aliphatic rings. The van der Waals surface area contributed by atoms with E-state index in [9.17, 15) is 4.79 Å². The highest BCUT2D eigenvalue weighted by atomic mass is 35.5. The second-order valence-corrected chi connectivity index (χ2v) is 6.17. The molecule has 0 saturated carbocycles. The minimum Gasteiger partial charge on any atom is -0.395 e. The number of halogens is 2. The Morgan fingerprint density at radius 3 is 2.41 bits per heavy atom. The summed E-state index contributed by atoms with van der Waals surface area (Å²) in [5.74, 6) is -0.0676. The first-order valence-electron chi connectivity index (χ1n) is 7.39. The van der Waals surface area contributed by atoms with Gasteiger partial charge in [0.15, 0.2) is 0 Å². The smallest absolute Gasteiger partial charge is 0.225 e. The molecule has 0 spiro atoms. The highest BCUT2D eigenvalue weighted by Gasteiger charge is 2.17. The molecular formula is C15H21Cl2N3O2. The Balaban J connectivity index is 1.73. The van der Waals surface area contributed by atoms with E-state index in [0.29, 0.717) is 22.2 Å². The number of carbonyl (C=O) groups excluding carboxylic acids is 1. The molecule has 1 heterocycles. The number of carbonyl (C=O) groups is 1. The van der Waals surface area contributed by atoms with E-state index in [1.54, 1.807) is 18.2 Å². The number of hydrogen-bond acceptors (Lipinski definition) is 4. The van der Waals surface area contributed by atoms with E-state index in [0.717, 1.165) is 39.3 Å². The third-order valence-electron chi connectivity index (χ3n) is 3.74. The maximum atomic E-state index is 12.0. The number of hydrogen-bond donors (Lipinski definition) is 2. The van der Waals surface area contributed by atoms with Crippen LogP contribution in [0, 0.1) is 0 Å². The fourth-order valence-corrected chi connectivity index (χ4v) is 2.78. The molecule has 7 heteroatoms. The van der Waals surface area contributed by atoms with E-state index in [2.05, 4.69) is 15.1 Å². The third-order valence-corrected chi connectivity index (χ3v) is 4.30. The monoisotopic (exact) mass is 345 g/mol. The van der Waals surface area contributed by atoms with Gasteiger partial charge in [0, 0.05) is 50.7 Å². The van der Waals surface area contributed by atoms with Crippen molar-refractivity contribution in [3.63, 3.8) is 0 Å². The molecule has 5 nitrogen and oxygen atoms in total. The first-order valence-corrected chi connectivity index (χ1v) is 8.14. The normalized spacial score (nSPS) is 16.7. The molecule has 1 saturated heterocycles. The predicted molar refractivity (Wildman–Crippen MR) is 89.7 cm³/mol. The summed E-state index contributed by atoms with van der Waals surface area (Å²) in [5, 5.41) is 12.7. The fraction of sp³-hybridized carbons (Fsp3) is 0.533. The predicted octanol–water partition coefficient (Wildman–Crippen LogP) is 1.93. The zero-order valence-electron chi connectivity index (χ0n) is 12.4. The quantitative estimate of drug-likeness (QED) is 0.827. The van der Waals surface area contributed by atoms with Gasteiger partial charge in [-0.1, -0.05) is 23.2 Å². The molecule has 0 atom stereocenters. The first-order chi connectivity index (χ1) is 10.6. The molecule has 122 valence electrons. The topological polar surface area (TPSA) is 55.8 Å². The molecule has 1 amide bonds. The molecule has 0 bridgehead atoms. The van der Waals surface area contributed by atoms with Crippen molar-refractivity contribution in [3.8, 4) is 0 Å². The number of β-amino-alcohol motifs (C(OH)–C–C–N with tert-alkyl or cyclic N) is 1. The van der Waals surface area contributed by atoms with Gasteiger partial charge in [0.05, 0.1) is 17.3 Å². The fourth-order valence-electron chi connectivity index (χ4n) is 2.44. The summed E-state index contributed by atoms with van der Waals surface area (Å²) in [7, 11) is 0. The standard InChI is InChI=1S/C15H21Cl2N3O2/c16-12-1-2-13(17)14(11-12)18-15(22)3-4-19-5-7-20(8-6-19)9-10-21/h1-2,11,21H,3-10H2,(H,18,22). The molecule has 0 aromatic heterocycles. The molecule has 0 aliphatic carbocycles. The maximum absolute atomic E-state index is 12.0. The summed E-state index contributed by atoms with van der Waals surface area (Å²) in [6.07, 6.45) is 0.419. The van der Waals surface area contributed by atoms with Gasteiger partial charge in [-0.2, -0.15) is 0 Å². The Hall–Kier alpha value is -0.850. The summed E-state index contributed by atoms with van der Waals surface area (Å²) >= 11 is 11.9. The average Bonchev–Trinajstić information content (AvgIpc) is 2.51. The van der Waals surface area contributed by atoms with E-state index >= 15 is 0 Å². The van der Waals surface area contributed by atoms with Crippen molar-refractivity contribution in [2.75, 3.05) is 51.2 Å². The van der Waals surface area contributed by atoms with E-state index in [-0.39, 0.29) is 12.5 Å². The van der Waals surface area contributed by atoms with Crippen LogP contribution in [0.4, 0.5) is 5.69 Å². The second kappa shape index (κ2) is 8.70. The number of aliphatic hydroxyl groups excluding tert-OH is 1. The zero-order valence-corrected chi connectivity index (χ0v) is 13.9. The van der Waals surface area contributed by atoms with Crippen LogP contribution >= 0.6 is 23.2 Å². The number of benzene rings is 1. The molecule has 22 heavy (non-hydrogen) atoms. The number of aliphatic hydroxyl groups is 1. The Labute approximate surface area is 140 Å². The summed E-state index contributed by atoms with van der Waals surface area (Å²) in [6.45, 7) is 5.35. The first kappa shape index (κ1) is 17.5. The van der Waals surface area contributed by atoms with Crippen LogP contribution in [0.15, 0.2) is 18.2 Å². The highest BCUT2D eigenvalue weighted by Crippen LogP contribution is 2.25. The number of nitrogens with one attached hydrogen (secondary N) is 1. The van der Waals surface area contributed by atoms with Gasteiger partial charge in [0.25, 0.3) is 0 Å². The molecule has 1 fully saturated rings. The largest absolute Gasteiger partial charge is 0.395 e. The maximum Gasteiger partial charge on any atom is 0.225 e. The molecule has 2 N–H and O–H groups in total. The lowest BCUT2D eigenvalue weighted by Gasteiger charge is -2.34. The van der Waals surface area contributed by atoms with Crippen LogP contribution in [0.25, 0.3) is 0 Å². The van der Waals surface area contributed by atoms with Crippen molar-refractivity contribution in [1.82, 2.24) is 9.80 Å². The van der Waals surface area contributed by atoms with Crippen molar-refractivity contribution in [1.29, 1.82) is 0 Å². The van der Waals surface area contributed by atoms with Crippen LogP contribution in [0.2, 0.25) is 10.0 Å². The van der Waals surface area contributed by atoms with Crippen molar-refractivity contribution in [2.45, 2.75) is 6.42 Å². The molecule has 1 aromatic carbocycles. The van der Waals surface area contributed by atoms with Crippen molar-refractivity contribution >= 4 is 34.8 Å². The molecule has 1 aliphatic heterocycles. The van der Waals surface area contributed by atoms with Crippen LogP contribution < -0.4 is 5.32 Å². The number of piperazine rings is 1. The molecule has 2 rings (SSSR count). The van der Waals surface area contributed by atoms with Crippen molar-refractivity contribution in [2.24, 2.45) is 0 Å². The lowest BCUT2D eigenvalue weighted by atomic mass is 10.2. The lowest BCUT2D eigenvalue weighted by Crippen LogP contribution is -2.47. The van der Waals surface area contributed by atoms with E-state index in [1.807, 2.05) is 0 Å². The van der Waals surface area contributed by atoms with Gasteiger partial charge in [0.1, 0.15) is 0 Å². The van der Waals surface area contributed by atoms with Gasteiger partial charge in [-0.05, 0) is 18.2 Å². The van der Waals surface area contributed by atoms with Gasteiger partial charge >= 0.3 is 0 Å². The van der Waals surface area contributed by atoms with Gasteiger partial charge < -0.3 is 15.3 Å². The van der Waals surface area contributed by atoms with Crippen LogP contribution in [0.5, 0.6) is 0 Å². The summed E-state index contributed by atoms with van der Waals surface area (Å²) < 4.78 is 0. The van der Waals surface area contributed by atoms with Crippen LogP contribution in [-0.4, -0.2) is 66.7 Å². The Morgan fingerprint density at radius 1 is 1.14 bits per heavy atom. The van der Waals surface area contributed by atoms with Gasteiger partial charge in [-0.25, -0.2) is 0 Å². The second-order valence-electron chi connectivity index (χ2n) is 5.33. The third kappa shape index (κ3) is 5.41. The Morgan fingerprint density at radius 2 is 1.77 bits per heavy atom. The summed E-state index contributed by atoms with van der Waals surface area (Å²) in [5.41, 5.74) is 0.548. The van der Waals surface area contributed by atoms with Crippen molar-refractivity contribution in [3.05, 3.63) is 28.2 Å². The number of nitrogens with zero attached hydrogens (tertiary/aromatic N) is 2.